The summed E-state index contributed by atoms with van der Waals surface area (Å²) in [5, 5.41) is 10.9. The van der Waals surface area contributed by atoms with Crippen molar-refractivity contribution in [2.45, 2.75) is 45.0 Å². The molecule has 0 saturated carbocycles. The van der Waals surface area contributed by atoms with Crippen LogP contribution in [0.3, 0.4) is 0 Å². The van der Waals surface area contributed by atoms with E-state index in [4.69, 9.17) is 14.2 Å². The smallest absolute Gasteiger partial charge is 0.309 e. The fourth-order valence-corrected chi connectivity index (χ4v) is 3.21. The molecule has 3 rings (SSSR count). The Bertz CT molecular complexity index is 879. The molecule has 2 atom stereocenters. The molecule has 0 radical (unpaired) electrons. The van der Waals surface area contributed by atoms with Crippen LogP contribution in [0, 0.1) is 0 Å². The van der Waals surface area contributed by atoms with Crippen molar-refractivity contribution in [2.75, 3.05) is 7.11 Å². The molecule has 1 heterocycles. The minimum Gasteiger partial charge on any atom is -0.496 e. The second-order valence-corrected chi connectivity index (χ2v) is 7.73. The molecule has 1 N–H and O–H groups in total. The highest BCUT2D eigenvalue weighted by molar-refractivity contribution is 5.73. The lowest BCUT2D eigenvalue weighted by molar-refractivity contribution is -0.156. The van der Waals surface area contributed by atoms with E-state index in [1.165, 1.54) is 0 Å². The minimum absolute atomic E-state index is 0.153. The Morgan fingerprint density at radius 2 is 1.82 bits per heavy atom. The molecular weight excluding hydrogens is 356 g/mol. The Labute approximate surface area is 165 Å². The Balaban J connectivity index is 1.96. The molecule has 5 heteroatoms. The SMILES string of the molecule is COc1ccccc1[C@H]1Oc2ccccc2C=C1[C@@H](O)CC(=O)OC(C)(C)C. The normalized spacial score (nSPS) is 17.0. The molecule has 2 aromatic rings. The summed E-state index contributed by atoms with van der Waals surface area (Å²) in [7, 11) is 1.59. The van der Waals surface area contributed by atoms with E-state index in [0.29, 0.717) is 17.1 Å². The summed E-state index contributed by atoms with van der Waals surface area (Å²) in [6.45, 7) is 5.40. The molecule has 0 aromatic heterocycles. The number of carbonyl (C=O) groups excluding carboxylic acids is 1. The number of rotatable bonds is 5. The fraction of sp³-hybridized carbons (Fsp3) is 0.348. The number of methoxy groups -OCH3 is 1. The lowest BCUT2D eigenvalue weighted by atomic mass is 9.90. The predicted octanol–water partition coefficient (Wildman–Crippen LogP) is 4.31. The van der Waals surface area contributed by atoms with Crippen molar-refractivity contribution in [1.82, 2.24) is 0 Å². The van der Waals surface area contributed by atoms with Crippen molar-refractivity contribution in [3.63, 3.8) is 0 Å². The molecule has 0 bridgehead atoms. The molecule has 0 saturated heterocycles. The van der Waals surface area contributed by atoms with E-state index in [0.717, 1.165) is 11.1 Å². The van der Waals surface area contributed by atoms with Gasteiger partial charge in [0.1, 0.15) is 17.1 Å². The second kappa shape index (κ2) is 8.07. The largest absolute Gasteiger partial charge is 0.496 e. The van der Waals surface area contributed by atoms with Crippen LogP contribution in [0.1, 0.15) is 44.4 Å². The van der Waals surface area contributed by atoms with Gasteiger partial charge in [-0.3, -0.25) is 4.79 Å². The van der Waals surface area contributed by atoms with Crippen molar-refractivity contribution in [3.8, 4) is 11.5 Å². The van der Waals surface area contributed by atoms with Gasteiger partial charge in [0.05, 0.1) is 19.6 Å². The van der Waals surface area contributed by atoms with Gasteiger partial charge in [-0.25, -0.2) is 0 Å². The van der Waals surface area contributed by atoms with E-state index >= 15 is 0 Å². The first-order valence-corrected chi connectivity index (χ1v) is 9.28. The van der Waals surface area contributed by atoms with Crippen LogP contribution < -0.4 is 9.47 Å². The average molecular weight is 382 g/mol. The van der Waals surface area contributed by atoms with Crippen LogP contribution >= 0.6 is 0 Å². The molecule has 28 heavy (non-hydrogen) atoms. The van der Waals surface area contributed by atoms with Gasteiger partial charge in [0.15, 0.2) is 6.10 Å². The molecule has 148 valence electrons. The van der Waals surface area contributed by atoms with E-state index < -0.39 is 23.8 Å². The number of para-hydroxylation sites is 2. The standard InChI is InChI=1S/C23H26O5/c1-23(2,3)28-21(25)14-18(24)17-13-15-9-5-7-11-19(15)27-22(17)16-10-6-8-12-20(16)26-4/h5-13,18,22,24H,14H2,1-4H3/t18-,22+/m0/s1. The number of benzene rings is 2. The number of carbonyl (C=O) groups is 1. The highest BCUT2D eigenvalue weighted by Crippen LogP contribution is 2.42. The third-order valence-electron chi connectivity index (χ3n) is 4.37. The van der Waals surface area contributed by atoms with Crippen molar-refractivity contribution >= 4 is 12.0 Å². The van der Waals surface area contributed by atoms with Crippen LogP contribution in [0.25, 0.3) is 6.08 Å². The van der Waals surface area contributed by atoms with Crippen molar-refractivity contribution in [3.05, 3.63) is 65.2 Å². The van der Waals surface area contributed by atoms with Crippen molar-refractivity contribution in [1.29, 1.82) is 0 Å². The summed E-state index contributed by atoms with van der Waals surface area (Å²) in [6.07, 6.45) is 0.118. The molecular formula is C23H26O5. The van der Waals surface area contributed by atoms with Gasteiger partial charge in [0.2, 0.25) is 0 Å². The maximum absolute atomic E-state index is 12.2. The summed E-state index contributed by atoms with van der Waals surface area (Å²) in [6, 6.07) is 15.1. The van der Waals surface area contributed by atoms with E-state index in [9.17, 15) is 9.90 Å². The van der Waals surface area contributed by atoms with Gasteiger partial charge in [-0.1, -0.05) is 36.4 Å². The fourth-order valence-electron chi connectivity index (χ4n) is 3.21. The van der Waals surface area contributed by atoms with Gasteiger partial charge in [-0.2, -0.15) is 0 Å². The van der Waals surface area contributed by atoms with Crippen molar-refractivity contribution in [2.24, 2.45) is 0 Å². The van der Waals surface area contributed by atoms with Gasteiger partial charge in [-0.15, -0.1) is 0 Å². The molecule has 1 aliphatic rings. The topological polar surface area (TPSA) is 65.0 Å². The molecule has 5 nitrogen and oxygen atoms in total. The van der Waals surface area contributed by atoms with Gasteiger partial charge in [-0.05, 0) is 39.0 Å². The monoisotopic (exact) mass is 382 g/mol. The zero-order valence-electron chi connectivity index (χ0n) is 16.6. The maximum Gasteiger partial charge on any atom is 0.309 e. The number of hydrogen-bond acceptors (Lipinski definition) is 5. The molecule has 0 fully saturated rings. The summed E-state index contributed by atoms with van der Waals surface area (Å²) >= 11 is 0. The van der Waals surface area contributed by atoms with Gasteiger partial charge in [0.25, 0.3) is 0 Å². The molecule has 0 amide bonds. The van der Waals surface area contributed by atoms with Crippen molar-refractivity contribution < 1.29 is 24.1 Å². The van der Waals surface area contributed by atoms with Gasteiger partial charge < -0.3 is 19.3 Å². The zero-order chi connectivity index (χ0) is 20.3. The van der Waals surface area contributed by atoms with Gasteiger partial charge >= 0.3 is 5.97 Å². The van der Waals surface area contributed by atoms with E-state index in [1.807, 2.05) is 54.6 Å². The zero-order valence-corrected chi connectivity index (χ0v) is 16.6. The maximum atomic E-state index is 12.2. The number of esters is 1. The van der Waals surface area contributed by atoms with E-state index in [2.05, 4.69) is 0 Å². The summed E-state index contributed by atoms with van der Waals surface area (Å²) in [4.78, 5) is 12.2. The highest BCUT2D eigenvalue weighted by Gasteiger charge is 2.32. The molecule has 2 aromatic carbocycles. The summed E-state index contributed by atoms with van der Waals surface area (Å²) < 4.78 is 17.1. The number of hydrogen-bond donors (Lipinski definition) is 1. The highest BCUT2D eigenvalue weighted by atomic mass is 16.6. The second-order valence-electron chi connectivity index (χ2n) is 7.73. The summed E-state index contributed by atoms with van der Waals surface area (Å²) in [5.41, 5.74) is 1.62. The molecule has 1 aliphatic heterocycles. The Kier molecular flexibility index (Phi) is 5.75. The van der Waals surface area contributed by atoms with Crippen LogP contribution in [0.5, 0.6) is 11.5 Å². The number of ether oxygens (including phenoxy) is 3. The van der Waals surface area contributed by atoms with E-state index in [1.54, 1.807) is 27.9 Å². The lowest BCUT2D eigenvalue weighted by Crippen LogP contribution is -2.30. The third-order valence-corrected chi connectivity index (χ3v) is 4.37. The molecule has 0 aliphatic carbocycles. The van der Waals surface area contributed by atoms with Crippen LogP contribution in [-0.2, 0) is 9.53 Å². The first kappa shape index (κ1) is 20.0. The Morgan fingerprint density at radius 3 is 2.54 bits per heavy atom. The van der Waals surface area contributed by atoms with Crippen LogP contribution in [0.15, 0.2) is 54.1 Å². The first-order valence-electron chi connectivity index (χ1n) is 9.28. The van der Waals surface area contributed by atoms with Crippen LogP contribution in [0.4, 0.5) is 0 Å². The Morgan fingerprint density at radius 1 is 1.14 bits per heavy atom. The number of aliphatic hydroxyl groups excluding tert-OH is 1. The van der Waals surface area contributed by atoms with E-state index in [-0.39, 0.29) is 6.42 Å². The Hall–Kier alpha value is -2.79. The average Bonchev–Trinajstić information content (AvgIpc) is 2.65. The molecule has 0 spiro atoms. The van der Waals surface area contributed by atoms with Gasteiger partial charge in [0, 0.05) is 16.7 Å². The minimum atomic E-state index is -1.04. The quantitative estimate of drug-likeness (QED) is 0.781. The molecule has 0 unspecified atom stereocenters. The lowest BCUT2D eigenvalue weighted by Gasteiger charge is -2.31. The number of fused-ring (bicyclic) bond motifs is 1. The van der Waals surface area contributed by atoms with Crippen LogP contribution in [-0.4, -0.2) is 29.9 Å². The third kappa shape index (κ3) is 4.54. The summed E-state index contributed by atoms with van der Waals surface area (Å²) in [5.74, 6) is 0.910. The first-order chi connectivity index (χ1) is 13.3. The van der Waals surface area contributed by atoms with Crippen LogP contribution in [0.2, 0.25) is 0 Å². The predicted molar refractivity (Wildman–Crippen MR) is 107 cm³/mol. The number of aliphatic hydroxyl groups is 1.